The molecule has 0 atom stereocenters. The van der Waals surface area contributed by atoms with Crippen LogP contribution in [0.2, 0.25) is 0 Å². The van der Waals surface area contributed by atoms with Gasteiger partial charge in [0.2, 0.25) is 11.8 Å². The number of aromatic nitrogens is 1. The molecule has 1 aromatic heterocycles. The van der Waals surface area contributed by atoms with E-state index >= 15 is 0 Å². The Labute approximate surface area is 171 Å². The lowest BCUT2D eigenvalue weighted by Crippen LogP contribution is -2.50. The van der Waals surface area contributed by atoms with Crippen LogP contribution in [0.4, 0.5) is 24.7 Å². The number of amides is 2. The Bertz CT molecular complexity index is 892. The third-order valence-electron chi connectivity index (χ3n) is 4.60. The van der Waals surface area contributed by atoms with Gasteiger partial charge in [-0.3, -0.25) is 19.4 Å². The highest BCUT2D eigenvalue weighted by Gasteiger charge is 2.33. The Morgan fingerprint density at radius 3 is 2.13 bits per heavy atom. The van der Waals surface area contributed by atoms with Gasteiger partial charge in [0.25, 0.3) is 0 Å². The number of rotatable bonds is 6. The molecule has 1 fully saturated rings. The summed E-state index contributed by atoms with van der Waals surface area (Å²) in [6, 6.07) is 6.49. The molecule has 0 bridgehead atoms. The maximum Gasteiger partial charge on any atom is 0.418 e. The van der Waals surface area contributed by atoms with E-state index in [4.69, 9.17) is 4.52 Å². The van der Waals surface area contributed by atoms with Crippen molar-refractivity contribution in [3.63, 3.8) is 0 Å². The summed E-state index contributed by atoms with van der Waals surface area (Å²) in [7, 11) is 0. The van der Waals surface area contributed by atoms with Crippen LogP contribution < -0.4 is 10.6 Å². The van der Waals surface area contributed by atoms with Crippen LogP contribution in [0.15, 0.2) is 34.9 Å². The predicted octanol–water partition coefficient (Wildman–Crippen LogP) is 2.20. The number of alkyl halides is 3. The Hall–Kier alpha value is -2.92. The van der Waals surface area contributed by atoms with Gasteiger partial charge in [0, 0.05) is 32.2 Å². The van der Waals surface area contributed by atoms with Crippen LogP contribution in [0.3, 0.4) is 0 Å². The molecule has 11 heteroatoms. The van der Waals surface area contributed by atoms with Crippen molar-refractivity contribution in [1.29, 1.82) is 0 Å². The molecular formula is C19H22F3N5O3. The van der Waals surface area contributed by atoms with Crippen molar-refractivity contribution in [2.45, 2.75) is 13.1 Å². The van der Waals surface area contributed by atoms with Crippen molar-refractivity contribution >= 4 is 23.3 Å². The lowest BCUT2D eigenvalue weighted by molar-refractivity contribution is -0.137. The van der Waals surface area contributed by atoms with Crippen LogP contribution in [0.1, 0.15) is 11.3 Å². The lowest BCUT2D eigenvalue weighted by atomic mass is 10.1. The molecule has 2 N–H and O–H groups in total. The molecule has 8 nitrogen and oxygen atoms in total. The van der Waals surface area contributed by atoms with Gasteiger partial charge in [-0.25, -0.2) is 0 Å². The van der Waals surface area contributed by atoms with E-state index in [-0.39, 0.29) is 24.7 Å². The molecule has 2 heterocycles. The summed E-state index contributed by atoms with van der Waals surface area (Å²) >= 11 is 0. The predicted molar refractivity (Wildman–Crippen MR) is 103 cm³/mol. The fourth-order valence-corrected chi connectivity index (χ4v) is 3.15. The largest absolute Gasteiger partial charge is 0.418 e. The number of aryl methyl sites for hydroxylation is 1. The van der Waals surface area contributed by atoms with E-state index < -0.39 is 17.6 Å². The Kier molecular flexibility index (Phi) is 6.73. The number of benzene rings is 1. The summed E-state index contributed by atoms with van der Waals surface area (Å²) in [5.74, 6) is 0.208. The van der Waals surface area contributed by atoms with Crippen molar-refractivity contribution < 1.29 is 27.3 Å². The molecule has 1 saturated heterocycles. The quantitative estimate of drug-likeness (QED) is 0.738. The van der Waals surface area contributed by atoms with E-state index in [1.54, 1.807) is 13.0 Å². The molecule has 0 saturated carbocycles. The topological polar surface area (TPSA) is 90.7 Å². The average Bonchev–Trinajstić information content (AvgIpc) is 3.07. The molecule has 0 aliphatic carbocycles. The van der Waals surface area contributed by atoms with E-state index in [1.165, 1.54) is 18.2 Å². The number of nitrogens with zero attached hydrogens (tertiary/aromatic N) is 3. The minimum Gasteiger partial charge on any atom is -0.360 e. The number of carbonyl (C=O) groups is 2. The molecule has 30 heavy (non-hydrogen) atoms. The minimum atomic E-state index is -4.54. The molecule has 1 aliphatic heterocycles. The van der Waals surface area contributed by atoms with Gasteiger partial charge in [-0.15, -0.1) is 0 Å². The van der Waals surface area contributed by atoms with Crippen LogP contribution in [-0.4, -0.2) is 66.0 Å². The monoisotopic (exact) mass is 425 g/mol. The fourth-order valence-electron chi connectivity index (χ4n) is 3.15. The molecule has 0 radical (unpaired) electrons. The zero-order valence-electron chi connectivity index (χ0n) is 16.3. The standard InChI is InChI=1S/C19H22F3N5O3/c1-13-10-16(25-30-13)24-18(29)12-27-8-6-26(7-9-27)11-17(28)23-15-5-3-2-4-14(15)19(20,21)22/h2-5,10H,6-9,11-12H2,1H3,(H,23,28)(H,24,25,29). The first kappa shape index (κ1) is 21.8. The summed E-state index contributed by atoms with van der Waals surface area (Å²) in [4.78, 5) is 28.0. The number of para-hydroxylation sites is 1. The molecule has 0 unspecified atom stereocenters. The van der Waals surface area contributed by atoms with Crippen molar-refractivity contribution in [1.82, 2.24) is 15.0 Å². The number of halogens is 3. The summed E-state index contributed by atoms with van der Waals surface area (Å²) in [5, 5.41) is 8.69. The Morgan fingerprint density at radius 1 is 1.03 bits per heavy atom. The van der Waals surface area contributed by atoms with Crippen LogP contribution in [0, 0.1) is 6.92 Å². The zero-order valence-corrected chi connectivity index (χ0v) is 16.3. The van der Waals surface area contributed by atoms with Crippen LogP contribution in [0.5, 0.6) is 0 Å². The van der Waals surface area contributed by atoms with Gasteiger partial charge in [-0.1, -0.05) is 17.3 Å². The van der Waals surface area contributed by atoms with Gasteiger partial charge in [0.05, 0.1) is 24.3 Å². The third kappa shape index (κ3) is 6.04. The Balaban J connectivity index is 1.43. The summed E-state index contributed by atoms with van der Waals surface area (Å²) in [6.07, 6.45) is -4.54. The van der Waals surface area contributed by atoms with Gasteiger partial charge >= 0.3 is 6.18 Å². The SMILES string of the molecule is Cc1cc(NC(=O)CN2CCN(CC(=O)Nc3ccccc3C(F)(F)F)CC2)no1. The highest BCUT2D eigenvalue weighted by Crippen LogP contribution is 2.34. The van der Waals surface area contributed by atoms with Crippen LogP contribution >= 0.6 is 0 Å². The maximum absolute atomic E-state index is 13.0. The number of piperazine rings is 1. The lowest BCUT2D eigenvalue weighted by Gasteiger charge is -2.33. The molecular weight excluding hydrogens is 403 g/mol. The van der Waals surface area contributed by atoms with E-state index in [0.29, 0.717) is 37.8 Å². The number of anilines is 2. The Morgan fingerprint density at radius 2 is 1.60 bits per heavy atom. The van der Waals surface area contributed by atoms with Gasteiger partial charge in [0.15, 0.2) is 5.82 Å². The second-order valence-corrected chi connectivity index (χ2v) is 7.01. The van der Waals surface area contributed by atoms with Crippen LogP contribution in [-0.2, 0) is 15.8 Å². The number of hydrogen-bond acceptors (Lipinski definition) is 6. The van der Waals surface area contributed by atoms with Crippen molar-refractivity contribution in [2.24, 2.45) is 0 Å². The second kappa shape index (κ2) is 9.26. The number of carbonyl (C=O) groups excluding carboxylic acids is 2. The molecule has 1 aliphatic rings. The van der Waals surface area contributed by atoms with Gasteiger partial charge in [-0.05, 0) is 19.1 Å². The number of hydrogen-bond donors (Lipinski definition) is 2. The van der Waals surface area contributed by atoms with E-state index in [2.05, 4.69) is 15.8 Å². The minimum absolute atomic E-state index is 0.0234. The molecule has 1 aromatic carbocycles. The normalized spacial score (nSPS) is 15.7. The van der Waals surface area contributed by atoms with Gasteiger partial charge < -0.3 is 15.2 Å². The first-order valence-electron chi connectivity index (χ1n) is 9.34. The first-order valence-corrected chi connectivity index (χ1v) is 9.34. The smallest absolute Gasteiger partial charge is 0.360 e. The molecule has 162 valence electrons. The van der Waals surface area contributed by atoms with Crippen molar-refractivity contribution in [2.75, 3.05) is 49.9 Å². The van der Waals surface area contributed by atoms with Gasteiger partial charge in [0.1, 0.15) is 5.76 Å². The highest BCUT2D eigenvalue weighted by molar-refractivity contribution is 5.93. The summed E-state index contributed by atoms with van der Waals surface area (Å²) in [5.41, 5.74) is -1.13. The highest BCUT2D eigenvalue weighted by atomic mass is 19.4. The van der Waals surface area contributed by atoms with Crippen LogP contribution in [0.25, 0.3) is 0 Å². The van der Waals surface area contributed by atoms with Crippen molar-refractivity contribution in [3.8, 4) is 0 Å². The molecule has 2 amide bonds. The second-order valence-electron chi connectivity index (χ2n) is 7.01. The average molecular weight is 425 g/mol. The van der Waals surface area contributed by atoms with E-state index in [9.17, 15) is 22.8 Å². The van der Waals surface area contributed by atoms with Gasteiger partial charge in [-0.2, -0.15) is 13.2 Å². The molecule has 0 spiro atoms. The van der Waals surface area contributed by atoms with Crippen molar-refractivity contribution in [3.05, 3.63) is 41.7 Å². The number of nitrogens with one attached hydrogen (secondary N) is 2. The molecule has 3 rings (SSSR count). The maximum atomic E-state index is 13.0. The van der Waals surface area contributed by atoms with E-state index in [1.807, 2.05) is 9.80 Å². The summed E-state index contributed by atoms with van der Waals surface area (Å²) in [6.45, 7) is 4.01. The fraction of sp³-hybridized carbons (Fsp3) is 0.421. The first-order chi connectivity index (χ1) is 14.2. The molecule has 2 aromatic rings. The third-order valence-corrected chi connectivity index (χ3v) is 4.60. The van der Waals surface area contributed by atoms with E-state index in [0.717, 1.165) is 6.07 Å². The zero-order chi connectivity index (χ0) is 21.7. The summed E-state index contributed by atoms with van der Waals surface area (Å²) < 4.78 is 44.0.